The molecule has 0 spiro atoms. The van der Waals surface area contributed by atoms with Gasteiger partial charge >= 0.3 is 5.97 Å². The van der Waals surface area contributed by atoms with Crippen LogP contribution in [0.5, 0.6) is 0 Å². The molecule has 1 aliphatic heterocycles. The molecule has 4 atom stereocenters. The average Bonchev–Trinajstić information content (AvgIpc) is 3.25. The highest BCUT2D eigenvalue weighted by Gasteiger charge is 2.51. The van der Waals surface area contributed by atoms with Crippen LogP contribution in [-0.2, 0) is 14.3 Å². The Morgan fingerprint density at radius 3 is 2.53 bits per heavy atom. The molecule has 2 aliphatic carbocycles. The maximum absolute atomic E-state index is 11.4. The van der Waals surface area contributed by atoms with Gasteiger partial charge in [-0.05, 0) is 68.4 Å². The van der Waals surface area contributed by atoms with E-state index in [0.29, 0.717) is 23.4 Å². The van der Waals surface area contributed by atoms with Gasteiger partial charge in [-0.15, -0.1) is 0 Å². The third-order valence-corrected chi connectivity index (χ3v) is 7.84. The van der Waals surface area contributed by atoms with Gasteiger partial charge in [0.25, 0.3) is 6.29 Å². The first-order valence-corrected chi connectivity index (χ1v) is 12.2. The normalized spacial score (nSPS) is 35.1. The van der Waals surface area contributed by atoms with Crippen molar-refractivity contribution in [3.63, 3.8) is 0 Å². The monoisotopic (exact) mass is 442 g/mol. The molecule has 4 N–H and O–H groups in total. The number of benzene rings is 1. The Balaban J connectivity index is 1.60. The lowest BCUT2D eigenvalue weighted by Gasteiger charge is -2.50. The molecule has 1 heterocycles. The largest absolute Gasteiger partial charge is 0.481 e. The second kappa shape index (κ2) is 9.34. The van der Waals surface area contributed by atoms with Crippen molar-refractivity contribution < 1.29 is 19.4 Å². The van der Waals surface area contributed by atoms with Crippen LogP contribution < -0.4 is 11.1 Å². The van der Waals surface area contributed by atoms with E-state index in [0.717, 1.165) is 49.8 Å². The van der Waals surface area contributed by atoms with Crippen LogP contribution in [0.4, 0.5) is 5.69 Å². The van der Waals surface area contributed by atoms with Crippen LogP contribution in [0.3, 0.4) is 0 Å². The highest BCUT2D eigenvalue weighted by atomic mass is 16.7. The van der Waals surface area contributed by atoms with Crippen molar-refractivity contribution in [3.05, 3.63) is 41.9 Å². The quantitative estimate of drug-likeness (QED) is 0.523. The van der Waals surface area contributed by atoms with Crippen molar-refractivity contribution >= 4 is 11.7 Å². The summed E-state index contributed by atoms with van der Waals surface area (Å²) in [5.74, 6) is 1.46. The minimum atomic E-state index is -0.664. The van der Waals surface area contributed by atoms with E-state index in [2.05, 4.69) is 26.1 Å². The van der Waals surface area contributed by atoms with Crippen LogP contribution in [0.25, 0.3) is 0 Å². The number of nitrogen functional groups attached to an aromatic ring is 1. The molecule has 2 fully saturated rings. The number of anilines is 1. The molecule has 6 nitrogen and oxygen atoms in total. The molecule has 1 aromatic rings. The van der Waals surface area contributed by atoms with Crippen molar-refractivity contribution in [1.29, 1.82) is 0 Å². The standard InChI is InChI=1S/C26H38N2O4/c1-16(2)21-13-8-17(3)14-26(21,28-19-11-9-18(10-12-19)24(29)30)23-15-31-25(32-23)20-6-4-5-7-22(20)27/h4-7,15-19,21,25,28H,8-14,27H2,1-3H3,(H,29,30). The van der Waals surface area contributed by atoms with E-state index in [-0.39, 0.29) is 17.5 Å². The number of nitrogens with two attached hydrogens (primary N) is 1. The first-order valence-electron chi connectivity index (χ1n) is 12.2. The molecule has 3 aliphatic rings. The fourth-order valence-corrected chi connectivity index (χ4v) is 6.15. The molecule has 0 aromatic heterocycles. The maximum Gasteiger partial charge on any atom is 0.306 e. The summed E-state index contributed by atoms with van der Waals surface area (Å²) in [4.78, 5) is 11.4. The molecular formula is C26H38N2O4. The summed E-state index contributed by atoms with van der Waals surface area (Å²) < 4.78 is 12.5. The van der Waals surface area contributed by atoms with Crippen LogP contribution in [0.2, 0.25) is 0 Å². The number of para-hydroxylation sites is 1. The number of hydrogen-bond donors (Lipinski definition) is 3. The average molecular weight is 443 g/mol. The zero-order chi connectivity index (χ0) is 22.9. The molecular weight excluding hydrogens is 404 g/mol. The van der Waals surface area contributed by atoms with Gasteiger partial charge in [-0.1, -0.05) is 39.3 Å². The molecule has 0 saturated heterocycles. The summed E-state index contributed by atoms with van der Waals surface area (Å²) in [6.07, 6.45) is 7.81. The van der Waals surface area contributed by atoms with E-state index in [4.69, 9.17) is 15.2 Å². The molecule has 4 rings (SSSR count). The van der Waals surface area contributed by atoms with Crippen LogP contribution in [-0.4, -0.2) is 22.7 Å². The zero-order valence-electron chi connectivity index (χ0n) is 19.5. The minimum Gasteiger partial charge on any atom is -0.481 e. The first-order chi connectivity index (χ1) is 15.3. The predicted octanol–water partition coefficient (Wildman–Crippen LogP) is 5.22. The number of nitrogens with one attached hydrogen (secondary N) is 1. The minimum absolute atomic E-state index is 0.217. The summed E-state index contributed by atoms with van der Waals surface area (Å²) >= 11 is 0. The molecule has 176 valence electrons. The lowest BCUT2D eigenvalue weighted by Crippen LogP contribution is -2.61. The summed E-state index contributed by atoms with van der Waals surface area (Å²) in [5, 5.41) is 13.4. The highest BCUT2D eigenvalue weighted by Crippen LogP contribution is 2.49. The number of carbonyl (C=O) groups is 1. The third kappa shape index (κ3) is 4.47. The second-order valence-electron chi connectivity index (χ2n) is 10.4. The number of carboxylic acids is 1. The van der Waals surface area contributed by atoms with Gasteiger partial charge in [0.15, 0.2) is 5.76 Å². The smallest absolute Gasteiger partial charge is 0.306 e. The Morgan fingerprint density at radius 1 is 1.16 bits per heavy atom. The van der Waals surface area contributed by atoms with E-state index < -0.39 is 12.3 Å². The Hall–Kier alpha value is -2.21. The summed E-state index contributed by atoms with van der Waals surface area (Å²) in [6.45, 7) is 6.90. The van der Waals surface area contributed by atoms with E-state index >= 15 is 0 Å². The van der Waals surface area contributed by atoms with Crippen molar-refractivity contribution in [3.8, 4) is 0 Å². The molecule has 6 heteroatoms. The van der Waals surface area contributed by atoms with Gasteiger partial charge in [-0.2, -0.15) is 0 Å². The van der Waals surface area contributed by atoms with E-state index in [1.807, 2.05) is 24.3 Å². The zero-order valence-corrected chi connectivity index (χ0v) is 19.5. The van der Waals surface area contributed by atoms with E-state index in [9.17, 15) is 9.90 Å². The van der Waals surface area contributed by atoms with Gasteiger partial charge in [-0.3, -0.25) is 4.79 Å². The van der Waals surface area contributed by atoms with Crippen molar-refractivity contribution in [2.24, 2.45) is 23.7 Å². The van der Waals surface area contributed by atoms with Crippen LogP contribution >= 0.6 is 0 Å². The molecule has 4 unspecified atom stereocenters. The van der Waals surface area contributed by atoms with Gasteiger partial charge in [-0.25, -0.2) is 0 Å². The number of carboxylic acid groups (broad SMARTS) is 1. The van der Waals surface area contributed by atoms with Crippen molar-refractivity contribution in [2.45, 2.75) is 83.6 Å². The van der Waals surface area contributed by atoms with Crippen LogP contribution in [0.15, 0.2) is 36.3 Å². The molecule has 0 bridgehead atoms. The molecule has 0 radical (unpaired) electrons. The van der Waals surface area contributed by atoms with Crippen LogP contribution in [0.1, 0.15) is 77.6 Å². The van der Waals surface area contributed by atoms with E-state index in [1.165, 1.54) is 6.42 Å². The Kier molecular flexibility index (Phi) is 6.70. The Labute approximate surface area is 191 Å². The fraction of sp³-hybridized carbons (Fsp3) is 0.654. The lowest BCUT2D eigenvalue weighted by molar-refractivity contribution is -0.143. The fourth-order valence-electron chi connectivity index (χ4n) is 6.15. The summed E-state index contributed by atoms with van der Waals surface area (Å²) in [6, 6.07) is 7.96. The number of aliphatic carboxylic acids is 1. The molecule has 1 aromatic carbocycles. The van der Waals surface area contributed by atoms with Crippen molar-refractivity contribution in [1.82, 2.24) is 5.32 Å². The number of ether oxygens (including phenoxy) is 2. The Bertz CT molecular complexity index is 846. The van der Waals surface area contributed by atoms with Gasteiger partial charge in [0.2, 0.25) is 0 Å². The van der Waals surface area contributed by atoms with Gasteiger partial charge in [0.05, 0.1) is 17.0 Å². The lowest BCUT2D eigenvalue weighted by atomic mass is 9.63. The van der Waals surface area contributed by atoms with Crippen molar-refractivity contribution in [2.75, 3.05) is 5.73 Å². The molecule has 2 saturated carbocycles. The molecule has 32 heavy (non-hydrogen) atoms. The van der Waals surface area contributed by atoms with E-state index in [1.54, 1.807) is 6.26 Å². The first kappa shape index (κ1) is 23.0. The van der Waals surface area contributed by atoms with Crippen LogP contribution in [0, 0.1) is 23.7 Å². The highest BCUT2D eigenvalue weighted by molar-refractivity contribution is 5.70. The molecule has 0 amide bonds. The predicted molar refractivity (Wildman–Crippen MR) is 124 cm³/mol. The maximum atomic E-state index is 11.4. The Morgan fingerprint density at radius 2 is 1.88 bits per heavy atom. The second-order valence-corrected chi connectivity index (χ2v) is 10.4. The number of hydrogen-bond acceptors (Lipinski definition) is 5. The van der Waals surface area contributed by atoms with Gasteiger partial charge in [0, 0.05) is 11.7 Å². The number of rotatable bonds is 6. The van der Waals surface area contributed by atoms with Gasteiger partial charge in [0.1, 0.15) is 6.26 Å². The SMILES string of the molecule is CC1CCC(C(C)C)C(NC2CCC(C(=O)O)CC2)(C2=COC(c3ccccc3N)O2)C1. The summed E-state index contributed by atoms with van der Waals surface area (Å²) in [5.41, 5.74) is 7.39. The summed E-state index contributed by atoms with van der Waals surface area (Å²) in [7, 11) is 0. The topological polar surface area (TPSA) is 93.8 Å². The van der Waals surface area contributed by atoms with Gasteiger partial charge < -0.3 is 25.6 Å². The third-order valence-electron chi connectivity index (χ3n) is 7.84.